The van der Waals surface area contributed by atoms with Gasteiger partial charge in [0.1, 0.15) is 5.75 Å². The zero-order valence-electron chi connectivity index (χ0n) is 9.69. The SMILES string of the molecule is CC(C)[C@@H](CO)N=Cc1cc(Br)cc(Br)c1O. The van der Waals surface area contributed by atoms with E-state index in [0.717, 1.165) is 4.47 Å². The van der Waals surface area contributed by atoms with Gasteiger partial charge in [0, 0.05) is 16.3 Å². The molecule has 0 aliphatic rings. The minimum absolute atomic E-state index is 0.00407. The molecule has 0 amide bonds. The van der Waals surface area contributed by atoms with Crippen LogP contribution in [-0.4, -0.2) is 29.1 Å². The molecule has 17 heavy (non-hydrogen) atoms. The number of aromatic hydroxyl groups is 1. The van der Waals surface area contributed by atoms with Crippen LogP contribution in [0.1, 0.15) is 19.4 Å². The van der Waals surface area contributed by atoms with E-state index in [4.69, 9.17) is 5.11 Å². The lowest BCUT2D eigenvalue weighted by Gasteiger charge is -2.12. The maximum atomic E-state index is 9.82. The monoisotopic (exact) mass is 363 g/mol. The Bertz CT molecular complexity index is 419. The predicted octanol–water partition coefficient (Wildman–Crippen LogP) is 3.35. The maximum absolute atomic E-state index is 9.82. The number of hydrogen-bond acceptors (Lipinski definition) is 3. The zero-order chi connectivity index (χ0) is 13.0. The molecule has 0 saturated heterocycles. The highest BCUT2D eigenvalue weighted by molar-refractivity contribution is 9.11. The Morgan fingerprint density at radius 1 is 1.35 bits per heavy atom. The van der Waals surface area contributed by atoms with E-state index in [2.05, 4.69) is 36.9 Å². The van der Waals surface area contributed by atoms with Crippen LogP contribution in [-0.2, 0) is 0 Å². The maximum Gasteiger partial charge on any atom is 0.138 e. The minimum atomic E-state index is -0.146. The summed E-state index contributed by atoms with van der Waals surface area (Å²) in [5.74, 6) is 0.409. The summed E-state index contributed by atoms with van der Waals surface area (Å²) < 4.78 is 1.46. The van der Waals surface area contributed by atoms with Gasteiger partial charge in [-0.25, -0.2) is 0 Å². The smallest absolute Gasteiger partial charge is 0.138 e. The van der Waals surface area contributed by atoms with Gasteiger partial charge >= 0.3 is 0 Å². The van der Waals surface area contributed by atoms with Crippen LogP contribution in [0.2, 0.25) is 0 Å². The molecule has 1 aromatic carbocycles. The fourth-order valence-corrected chi connectivity index (χ4v) is 2.55. The number of hydrogen-bond donors (Lipinski definition) is 2. The lowest BCUT2D eigenvalue weighted by atomic mass is 10.1. The van der Waals surface area contributed by atoms with Crippen molar-refractivity contribution in [2.75, 3.05) is 6.61 Å². The third-order valence-corrected chi connectivity index (χ3v) is 3.48. The largest absolute Gasteiger partial charge is 0.506 e. The lowest BCUT2D eigenvalue weighted by molar-refractivity contribution is 0.240. The fraction of sp³-hybridized carbons (Fsp3) is 0.417. The van der Waals surface area contributed by atoms with Crippen molar-refractivity contribution >= 4 is 38.1 Å². The van der Waals surface area contributed by atoms with E-state index in [1.807, 2.05) is 13.8 Å². The van der Waals surface area contributed by atoms with Crippen LogP contribution in [0.5, 0.6) is 5.75 Å². The van der Waals surface area contributed by atoms with E-state index in [1.54, 1.807) is 18.3 Å². The number of benzene rings is 1. The van der Waals surface area contributed by atoms with Crippen LogP contribution in [0.3, 0.4) is 0 Å². The molecule has 0 aliphatic carbocycles. The Kier molecular flexibility index (Phi) is 5.62. The summed E-state index contributed by atoms with van der Waals surface area (Å²) in [5, 5.41) is 19.0. The molecule has 1 rings (SSSR count). The van der Waals surface area contributed by atoms with Crippen LogP contribution >= 0.6 is 31.9 Å². The highest BCUT2D eigenvalue weighted by Crippen LogP contribution is 2.30. The Morgan fingerprint density at radius 2 is 2.00 bits per heavy atom. The number of nitrogens with zero attached hydrogens (tertiary/aromatic N) is 1. The van der Waals surface area contributed by atoms with Crippen LogP contribution in [0.25, 0.3) is 0 Å². The van der Waals surface area contributed by atoms with Crippen LogP contribution in [0.15, 0.2) is 26.1 Å². The standard InChI is InChI=1S/C12H15Br2NO2/c1-7(2)11(6-16)15-5-8-3-9(13)4-10(14)12(8)17/h3-5,7,11,16-17H,6H2,1-2H3/t11-/m1/s1. The van der Waals surface area contributed by atoms with E-state index >= 15 is 0 Å². The summed E-state index contributed by atoms with van der Waals surface area (Å²) in [6.07, 6.45) is 1.59. The third kappa shape index (κ3) is 4.08. The Balaban J connectivity index is 2.98. The van der Waals surface area contributed by atoms with Crippen molar-refractivity contribution in [3.8, 4) is 5.75 Å². The van der Waals surface area contributed by atoms with Crippen molar-refractivity contribution in [3.05, 3.63) is 26.6 Å². The summed E-state index contributed by atoms with van der Waals surface area (Å²) in [6.45, 7) is 3.99. The summed E-state index contributed by atoms with van der Waals surface area (Å²) in [5.41, 5.74) is 0.616. The molecule has 0 spiro atoms. The summed E-state index contributed by atoms with van der Waals surface area (Å²) in [7, 11) is 0. The molecule has 94 valence electrons. The number of rotatable bonds is 4. The molecule has 0 unspecified atom stereocenters. The third-order valence-electron chi connectivity index (χ3n) is 2.42. The van der Waals surface area contributed by atoms with Gasteiger partial charge in [0.05, 0.1) is 17.1 Å². The molecule has 5 heteroatoms. The van der Waals surface area contributed by atoms with Crippen LogP contribution in [0.4, 0.5) is 0 Å². The van der Waals surface area contributed by atoms with Gasteiger partial charge in [0.2, 0.25) is 0 Å². The van der Waals surface area contributed by atoms with Gasteiger partial charge in [0.25, 0.3) is 0 Å². The zero-order valence-corrected chi connectivity index (χ0v) is 12.9. The van der Waals surface area contributed by atoms with Crippen molar-refractivity contribution in [3.63, 3.8) is 0 Å². The molecular formula is C12H15Br2NO2. The Labute approximate surface area is 118 Å². The van der Waals surface area contributed by atoms with Gasteiger partial charge in [-0.3, -0.25) is 4.99 Å². The quantitative estimate of drug-likeness (QED) is 0.805. The molecule has 0 aliphatic heterocycles. The number of phenols is 1. The van der Waals surface area contributed by atoms with Crippen molar-refractivity contribution in [2.45, 2.75) is 19.9 Å². The molecule has 2 N–H and O–H groups in total. The molecule has 0 aromatic heterocycles. The fourth-order valence-electron chi connectivity index (χ4n) is 1.29. The number of halogens is 2. The molecule has 3 nitrogen and oxygen atoms in total. The molecule has 0 heterocycles. The highest BCUT2D eigenvalue weighted by atomic mass is 79.9. The Hall–Kier alpha value is -0.390. The molecular weight excluding hydrogens is 350 g/mol. The minimum Gasteiger partial charge on any atom is -0.506 e. The van der Waals surface area contributed by atoms with E-state index in [-0.39, 0.29) is 24.3 Å². The first-order valence-electron chi connectivity index (χ1n) is 5.27. The number of aliphatic imine (C=N–C) groups is 1. The van der Waals surface area contributed by atoms with Gasteiger partial charge < -0.3 is 10.2 Å². The summed E-state index contributed by atoms with van der Waals surface area (Å²) >= 11 is 6.61. The summed E-state index contributed by atoms with van der Waals surface area (Å²) in [4.78, 5) is 4.28. The molecule has 1 atom stereocenters. The van der Waals surface area contributed by atoms with Crippen molar-refractivity contribution in [1.82, 2.24) is 0 Å². The second kappa shape index (κ2) is 6.52. The molecule has 0 radical (unpaired) electrons. The molecule has 0 fully saturated rings. The Morgan fingerprint density at radius 3 is 2.53 bits per heavy atom. The first-order chi connectivity index (χ1) is 7.95. The predicted molar refractivity (Wildman–Crippen MR) is 76.8 cm³/mol. The molecule has 1 aromatic rings. The highest BCUT2D eigenvalue weighted by Gasteiger charge is 2.10. The van der Waals surface area contributed by atoms with E-state index in [1.165, 1.54) is 0 Å². The second-order valence-corrected chi connectivity index (χ2v) is 5.87. The van der Waals surface area contributed by atoms with Gasteiger partial charge in [-0.05, 0) is 34.0 Å². The number of phenolic OH excluding ortho intramolecular Hbond substituents is 1. The topological polar surface area (TPSA) is 52.8 Å². The van der Waals surface area contributed by atoms with Crippen molar-refractivity contribution in [2.24, 2.45) is 10.9 Å². The van der Waals surface area contributed by atoms with Gasteiger partial charge in [-0.2, -0.15) is 0 Å². The van der Waals surface area contributed by atoms with Crippen molar-refractivity contribution < 1.29 is 10.2 Å². The molecule has 0 saturated carbocycles. The first-order valence-corrected chi connectivity index (χ1v) is 6.86. The average molecular weight is 365 g/mol. The summed E-state index contributed by atoms with van der Waals surface area (Å²) in [6, 6.07) is 3.39. The van der Waals surface area contributed by atoms with Crippen molar-refractivity contribution in [1.29, 1.82) is 0 Å². The van der Waals surface area contributed by atoms with Gasteiger partial charge in [-0.15, -0.1) is 0 Å². The average Bonchev–Trinajstić information content (AvgIpc) is 2.25. The van der Waals surface area contributed by atoms with E-state index < -0.39 is 0 Å². The second-order valence-electron chi connectivity index (χ2n) is 4.10. The number of aliphatic hydroxyl groups is 1. The van der Waals surface area contributed by atoms with Gasteiger partial charge in [0.15, 0.2) is 0 Å². The van der Waals surface area contributed by atoms with E-state index in [9.17, 15) is 5.11 Å². The van der Waals surface area contributed by atoms with Crippen LogP contribution < -0.4 is 0 Å². The molecule has 0 bridgehead atoms. The van der Waals surface area contributed by atoms with Crippen LogP contribution in [0, 0.1) is 5.92 Å². The first kappa shape index (κ1) is 14.7. The lowest BCUT2D eigenvalue weighted by Crippen LogP contribution is -2.17. The normalized spacial score (nSPS) is 13.5. The van der Waals surface area contributed by atoms with Gasteiger partial charge in [-0.1, -0.05) is 29.8 Å². The van der Waals surface area contributed by atoms with E-state index in [0.29, 0.717) is 10.0 Å². The number of aliphatic hydroxyl groups excluding tert-OH is 1.